The van der Waals surface area contributed by atoms with Crippen molar-refractivity contribution in [3.05, 3.63) is 0 Å². The van der Waals surface area contributed by atoms with Gasteiger partial charge in [-0.1, -0.05) is 0 Å². The van der Waals surface area contributed by atoms with E-state index < -0.39 is 17.9 Å². The first kappa shape index (κ1) is 20.3. The summed E-state index contributed by atoms with van der Waals surface area (Å²) in [6, 6.07) is 0. The molecule has 0 unspecified atom stereocenters. The van der Waals surface area contributed by atoms with Crippen LogP contribution in [0, 0.1) is 0 Å². The van der Waals surface area contributed by atoms with Crippen LogP contribution in [0.15, 0.2) is 0 Å². The van der Waals surface area contributed by atoms with Crippen LogP contribution in [0.3, 0.4) is 0 Å². The minimum Gasteiger partial charge on any atom is -0.480 e. The fourth-order valence-corrected chi connectivity index (χ4v) is 2.94. The molecule has 3 N–H and O–H groups in total. The molecule has 0 aliphatic carbocycles. The third kappa shape index (κ3) is 9.43. The van der Waals surface area contributed by atoms with E-state index in [0.29, 0.717) is 58.5 Å². The third-order valence-corrected chi connectivity index (χ3v) is 3.92. The first-order chi connectivity index (χ1) is 11.4. The second-order valence-corrected chi connectivity index (χ2v) is 6.07. The highest BCUT2D eigenvalue weighted by Crippen LogP contribution is 2.04. The molecular weight excluding hydrogens is 318 g/mol. The van der Waals surface area contributed by atoms with E-state index in [1.165, 1.54) is 0 Å². The summed E-state index contributed by atoms with van der Waals surface area (Å²) in [6.45, 7) is 3.34. The number of carbonyl (C=O) groups is 3. The van der Waals surface area contributed by atoms with E-state index in [2.05, 4.69) is 0 Å². The van der Waals surface area contributed by atoms with Crippen LogP contribution in [0.4, 0.5) is 0 Å². The van der Waals surface area contributed by atoms with Gasteiger partial charge < -0.3 is 15.3 Å². The standard InChI is InChI=1S/C15H27N3O6/c19-13(20)10-16-4-1-5-17(11-14(21)22)7-3-9-18(8-2-6-16)12-15(23)24/h1-12H2,(H,19,20)(H,21,22)(H,23,24). The summed E-state index contributed by atoms with van der Waals surface area (Å²) in [7, 11) is 0. The number of aliphatic carboxylic acids is 3. The van der Waals surface area contributed by atoms with Crippen LogP contribution in [-0.2, 0) is 14.4 Å². The molecule has 0 radical (unpaired) electrons. The van der Waals surface area contributed by atoms with Crippen molar-refractivity contribution in [1.29, 1.82) is 0 Å². The molecule has 1 rings (SSSR count). The van der Waals surface area contributed by atoms with E-state index >= 15 is 0 Å². The second kappa shape index (κ2) is 11.0. The van der Waals surface area contributed by atoms with Gasteiger partial charge in [0.05, 0.1) is 19.6 Å². The Morgan fingerprint density at radius 1 is 0.542 bits per heavy atom. The van der Waals surface area contributed by atoms with E-state index in [9.17, 15) is 14.4 Å². The van der Waals surface area contributed by atoms with Crippen LogP contribution in [0.1, 0.15) is 19.3 Å². The quantitative estimate of drug-likeness (QED) is 0.575. The first-order valence-corrected chi connectivity index (χ1v) is 8.19. The Morgan fingerprint density at radius 2 is 0.750 bits per heavy atom. The average molecular weight is 345 g/mol. The largest absolute Gasteiger partial charge is 0.480 e. The number of nitrogens with zero attached hydrogens (tertiary/aromatic N) is 3. The Balaban J connectivity index is 2.67. The maximum Gasteiger partial charge on any atom is 0.317 e. The van der Waals surface area contributed by atoms with Gasteiger partial charge in [0.2, 0.25) is 0 Å². The maximum atomic E-state index is 10.9. The molecule has 0 spiro atoms. The summed E-state index contributed by atoms with van der Waals surface area (Å²) in [5.41, 5.74) is 0. The minimum atomic E-state index is -0.896. The number of carboxylic acid groups (broad SMARTS) is 3. The summed E-state index contributed by atoms with van der Waals surface area (Å²) in [6.07, 6.45) is 2.12. The Kier molecular flexibility index (Phi) is 9.28. The Bertz CT molecular complexity index is 358. The highest BCUT2D eigenvalue weighted by atomic mass is 16.4. The lowest BCUT2D eigenvalue weighted by molar-refractivity contribution is -0.139. The first-order valence-electron chi connectivity index (χ1n) is 8.19. The van der Waals surface area contributed by atoms with Crippen molar-refractivity contribution in [1.82, 2.24) is 14.7 Å². The molecule has 0 saturated carbocycles. The molecule has 1 saturated heterocycles. The molecule has 0 amide bonds. The van der Waals surface area contributed by atoms with E-state index in [-0.39, 0.29) is 19.6 Å². The number of rotatable bonds is 6. The molecule has 9 nitrogen and oxygen atoms in total. The monoisotopic (exact) mass is 345 g/mol. The molecule has 0 aromatic heterocycles. The van der Waals surface area contributed by atoms with Crippen molar-refractivity contribution in [3.63, 3.8) is 0 Å². The molecular formula is C15H27N3O6. The van der Waals surface area contributed by atoms with Crippen LogP contribution in [0.25, 0.3) is 0 Å². The lowest BCUT2D eigenvalue weighted by Gasteiger charge is -2.28. The molecule has 0 atom stereocenters. The summed E-state index contributed by atoms with van der Waals surface area (Å²) in [5.74, 6) is -2.69. The molecule has 1 heterocycles. The van der Waals surface area contributed by atoms with E-state index in [1.807, 2.05) is 14.7 Å². The van der Waals surface area contributed by atoms with Crippen molar-refractivity contribution < 1.29 is 29.7 Å². The van der Waals surface area contributed by atoms with Gasteiger partial charge in [0.1, 0.15) is 0 Å². The van der Waals surface area contributed by atoms with Gasteiger partial charge in [-0.3, -0.25) is 29.1 Å². The Morgan fingerprint density at radius 3 is 0.917 bits per heavy atom. The zero-order chi connectivity index (χ0) is 17.9. The highest BCUT2D eigenvalue weighted by Gasteiger charge is 2.16. The number of carboxylic acids is 3. The molecule has 24 heavy (non-hydrogen) atoms. The van der Waals surface area contributed by atoms with Crippen LogP contribution in [-0.4, -0.2) is 107 Å². The van der Waals surface area contributed by atoms with Gasteiger partial charge in [0.25, 0.3) is 0 Å². The van der Waals surface area contributed by atoms with Gasteiger partial charge in [-0.25, -0.2) is 0 Å². The molecule has 0 aromatic carbocycles. The molecule has 1 aliphatic rings. The topological polar surface area (TPSA) is 122 Å². The molecule has 9 heteroatoms. The normalized spacial score (nSPS) is 20.0. The van der Waals surface area contributed by atoms with Crippen LogP contribution < -0.4 is 0 Å². The third-order valence-electron chi connectivity index (χ3n) is 3.92. The maximum absolute atomic E-state index is 10.9. The van der Waals surface area contributed by atoms with E-state index in [4.69, 9.17) is 15.3 Å². The molecule has 138 valence electrons. The van der Waals surface area contributed by atoms with E-state index in [0.717, 1.165) is 0 Å². The fraction of sp³-hybridized carbons (Fsp3) is 0.800. The summed E-state index contributed by atoms with van der Waals surface area (Å²) in [4.78, 5) is 38.3. The van der Waals surface area contributed by atoms with Crippen molar-refractivity contribution >= 4 is 17.9 Å². The minimum absolute atomic E-state index is 0.0577. The molecule has 1 fully saturated rings. The number of hydrogen-bond acceptors (Lipinski definition) is 6. The lowest BCUT2D eigenvalue weighted by atomic mass is 10.2. The lowest BCUT2D eigenvalue weighted by Crippen LogP contribution is -2.40. The van der Waals surface area contributed by atoms with Crippen LogP contribution >= 0.6 is 0 Å². The fourth-order valence-electron chi connectivity index (χ4n) is 2.94. The highest BCUT2D eigenvalue weighted by molar-refractivity contribution is 5.69. The van der Waals surface area contributed by atoms with Crippen molar-refractivity contribution in [2.75, 3.05) is 58.9 Å². The van der Waals surface area contributed by atoms with Crippen LogP contribution in [0.5, 0.6) is 0 Å². The van der Waals surface area contributed by atoms with Gasteiger partial charge in [-0.05, 0) is 58.5 Å². The SMILES string of the molecule is O=C(O)CN1CCCN(CC(=O)O)CCCN(CC(=O)O)CCC1. The molecule has 0 bridgehead atoms. The summed E-state index contributed by atoms with van der Waals surface area (Å²) < 4.78 is 0. The van der Waals surface area contributed by atoms with Crippen molar-refractivity contribution in [2.24, 2.45) is 0 Å². The smallest absolute Gasteiger partial charge is 0.317 e. The zero-order valence-corrected chi connectivity index (χ0v) is 13.9. The Hall–Kier alpha value is -1.71. The predicted octanol–water partition coefficient (Wildman–Crippen LogP) is -0.670. The van der Waals surface area contributed by atoms with Crippen LogP contribution in [0.2, 0.25) is 0 Å². The summed E-state index contributed by atoms with van der Waals surface area (Å²) >= 11 is 0. The van der Waals surface area contributed by atoms with E-state index in [1.54, 1.807) is 0 Å². The molecule has 0 aromatic rings. The predicted molar refractivity (Wildman–Crippen MR) is 86.1 cm³/mol. The average Bonchev–Trinajstić information content (AvgIpc) is 2.43. The van der Waals surface area contributed by atoms with Gasteiger partial charge >= 0.3 is 17.9 Å². The second-order valence-electron chi connectivity index (χ2n) is 6.07. The van der Waals surface area contributed by atoms with Crippen molar-refractivity contribution in [2.45, 2.75) is 19.3 Å². The Labute approximate surface area is 141 Å². The summed E-state index contributed by atoms with van der Waals surface area (Å²) in [5, 5.41) is 26.9. The van der Waals surface area contributed by atoms with Crippen molar-refractivity contribution in [3.8, 4) is 0 Å². The van der Waals surface area contributed by atoms with Gasteiger partial charge in [0, 0.05) is 0 Å². The van der Waals surface area contributed by atoms with Gasteiger partial charge in [-0.2, -0.15) is 0 Å². The van der Waals surface area contributed by atoms with Gasteiger partial charge in [0.15, 0.2) is 0 Å². The zero-order valence-electron chi connectivity index (χ0n) is 13.9. The van der Waals surface area contributed by atoms with Gasteiger partial charge in [-0.15, -0.1) is 0 Å². The number of hydrogen-bond donors (Lipinski definition) is 3. The molecule has 1 aliphatic heterocycles.